The van der Waals surface area contributed by atoms with Gasteiger partial charge in [-0.3, -0.25) is 19.2 Å². The zero-order valence-corrected chi connectivity index (χ0v) is 14.4. The van der Waals surface area contributed by atoms with Crippen LogP contribution in [-0.2, 0) is 38.1 Å². The lowest BCUT2D eigenvalue weighted by Crippen LogP contribution is -2.67. The van der Waals surface area contributed by atoms with Crippen molar-refractivity contribution in [2.45, 2.75) is 57.6 Å². The Morgan fingerprint density at radius 1 is 1.00 bits per heavy atom. The number of aliphatic hydroxyl groups excluding tert-OH is 1. The molecule has 5 unspecified atom stereocenters. The van der Waals surface area contributed by atoms with E-state index in [1.165, 1.54) is 5.32 Å². The second-order valence-corrected chi connectivity index (χ2v) is 5.51. The van der Waals surface area contributed by atoms with Gasteiger partial charge in [-0.2, -0.15) is 13.2 Å². The molecule has 154 valence electrons. The molecule has 5 atom stereocenters. The molecule has 1 saturated heterocycles. The monoisotopic (exact) mass is 401 g/mol. The van der Waals surface area contributed by atoms with Crippen molar-refractivity contribution in [2.75, 3.05) is 6.61 Å². The van der Waals surface area contributed by atoms with Crippen LogP contribution < -0.4 is 5.32 Å². The van der Waals surface area contributed by atoms with E-state index in [1.807, 2.05) is 0 Å². The minimum absolute atomic E-state index is 0.567. The first-order valence-corrected chi connectivity index (χ1v) is 7.52. The Labute approximate surface area is 150 Å². The summed E-state index contributed by atoms with van der Waals surface area (Å²) >= 11 is 0. The smallest absolute Gasteiger partial charge is 0.463 e. The Morgan fingerprint density at radius 2 is 1.52 bits per heavy atom. The van der Waals surface area contributed by atoms with E-state index in [-0.39, 0.29) is 0 Å². The van der Waals surface area contributed by atoms with Crippen LogP contribution in [0, 0.1) is 0 Å². The van der Waals surface area contributed by atoms with Crippen LogP contribution in [0.3, 0.4) is 0 Å². The zero-order valence-electron chi connectivity index (χ0n) is 14.4. The minimum Gasteiger partial charge on any atom is -0.463 e. The number of alkyl halides is 3. The van der Waals surface area contributed by atoms with Gasteiger partial charge in [-0.1, -0.05) is 0 Å². The molecule has 27 heavy (non-hydrogen) atoms. The number of rotatable bonds is 5. The molecule has 0 radical (unpaired) electrons. The van der Waals surface area contributed by atoms with Gasteiger partial charge in [-0.05, 0) is 0 Å². The van der Waals surface area contributed by atoms with Gasteiger partial charge >= 0.3 is 30.0 Å². The van der Waals surface area contributed by atoms with E-state index in [9.17, 15) is 37.5 Å². The van der Waals surface area contributed by atoms with Gasteiger partial charge < -0.3 is 29.4 Å². The van der Waals surface area contributed by atoms with Crippen molar-refractivity contribution in [1.29, 1.82) is 0 Å². The summed E-state index contributed by atoms with van der Waals surface area (Å²) in [5, 5.41) is 11.4. The fraction of sp³-hybridized carbons (Fsp3) is 0.714. The number of nitrogens with one attached hydrogen (secondary N) is 1. The van der Waals surface area contributed by atoms with Crippen molar-refractivity contribution < 1.29 is 56.4 Å². The van der Waals surface area contributed by atoms with Gasteiger partial charge in [0.15, 0.2) is 18.5 Å². The van der Waals surface area contributed by atoms with Crippen LogP contribution in [0.5, 0.6) is 0 Å². The predicted molar refractivity (Wildman–Crippen MR) is 76.6 cm³/mol. The highest BCUT2D eigenvalue weighted by Gasteiger charge is 2.52. The number of hydrogen-bond donors (Lipinski definition) is 2. The average molecular weight is 401 g/mol. The van der Waals surface area contributed by atoms with Gasteiger partial charge in [-0.15, -0.1) is 0 Å². The summed E-state index contributed by atoms with van der Waals surface area (Å²) in [6, 6.07) is -1.92. The molecule has 0 aliphatic carbocycles. The Hall–Kier alpha value is -2.41. The lowest BCUT2D eigenvalue weighted by Gasteiger charge is -2.43. The van der Waals surface area contributed by atoms with Gasteiger partial charge in [0.1, 0.15) is 18.8 Å². The van der Waals surface area contributed by atoms with Crippen molar-refractivity contribution in [1.82, 2.24) is 5.32 Å². The number of aliphatic hydroxyl groups is 1. The van der Waals surface area contributed by atoms with E-state index in [0.717, 1.165) is 20.8 Å². The molecular weight excluding hydrogens is 383 g/mol. The molecule has 0 aromatic heterocycles. The molecule has 0 aromatic rings. The van der Waals surface area contributed by atoms with Crippen molar-refractivity contribution in [3.63, 3.8) is 0 Å². The highest BCUT2D eigenvalue weighted by atomic mass is 19.4. The van der Waals surface area contributed by atoms with Crippen LogP contribution in [0.25, 0.3) is 0 Å². The van der Waals surface area contributed by atoms with Crippen molar-refractivity contribution >= 4 is 23.8 Å². The second-order valence-electron chi connectivity index (χ2n) is 5.51. The first-order chi connectivity index (χ1) is 12.3. The summed E-state index contributed by atoms with van der Waals surface area (Å²) in [4.78, 5) is 44.9. The summed E-state index contributed by atoms with van der Waals surface area (Å²) in [5.74, 6) is -5.12. The molecule has 1 fully saturated rings. The molecule has 0 bridgehead atoms. The molecule has 0 aromatic carbocycles. The lowest BCUT2D eigenvalue weighted by molar-refractivity contribution is -0.266. The summed E-state index contributed by atoms with van der Waals surface area (Å²) in [5.41, 5.74) is 0. The number of carbonyl (C=O) groups is 4. The van der Waals surface area contributed by atoms with Gasteiger partial charge in [0.05, 0.1) is 0 Å². The van der Waals surface area contributed by atoms with E-state index in [1.54, 1.807) is 0 Å². The van der Waals surface area contributed by atoms with Crippen molar-refractivity contribution in [3.05, 3.63) is 0 Å². The van der Waals surface area contributed by atoms with Crippen molar-refractivity contribution in [2.24, 2.45) is 0 Å². The maximum atomic E-state index is 12.5. The van der Waals surface area contributed by atoms with Crippen LogP contribution >= 0.6 is 0 Å². The highest BCUT2D eigenvalue weighted by Crippen LogP contribution is 2.27. The quantitative estimate of drug-likeness (QED) is 0.447. The van der Waals surface area contributed by atoms with Gasteiger partial charge in [-0.25, -0.2) is 0 Å². The molecule has 10 nitrogen and oxygen atoms in total. The normalized spacial score (nSPS) is 28.0. The minimum atomic E-state index is -5.30. The third-order valence-corrected chi connectivity index (χ3v) is 3.28. The molecule has 1 aliphatic heterocycles. The van der Waals surface area contributed by atoms with Crippen molar-refractivity contribution in [3.8, 4) is 0 Å². The average Bonchev–Trinajstić information content (AvgIpc) is 2.49. The molecule has 2 N–H and O–H groups in total. The SMILES string of the molecule is CC(=O)OCC1OC(O)C(NC(=O)C(F)(F)F)C(OC(C)=O)C1OC(C)=O. The molecule has 0 spiro atoms. The summed E-state index contributed by atoms with van der Waals surface area (Å²) in [6.07, 6.45) is -12.1. The first-order valence-electron chi connectivity index (χ1n) is 7.52. The third-order valence-electron chi connectivity index (χ3n) is 3.28. The van der Waals surface area contributed by atoms with Crippen LogP contribution in [0.1, 0.15) is 20.8 Å². The number of carbonyl (C=O) groups excluding carboxylic acids is 4. The number of hydrogen-bond acceptors (Lipinski definition) is 9. The van der Waals surface area contributed by atoms with E-state index >= 15 is 0 Å². The number of esters is 3. The molecule has 13 heteroatoms. The van der Waals surface area contributed by atoms with Gasteiger partial charge in [0, 0.05) is 20.8 Å². The lowest BCUT2D eigenvalue weighted by atomic mass is 9.96. The number of amides is 1. The topological polar surface area (TPSA) is 137 Å². The largest absolute Gasteiger partial charge is 0.471 e. The highest BCUT2D eigenvalue weighted by molar-refractivity contribution is 5.82. The van der Waals surface area contributed by atoms with E-state index in [0.29, 0.717) is 0 Å². The van der Waals surface area contributed by atoms with Crippen LogP contribution in [0.15, 0.2) is 0 Å². The maximum Gasteiger partial charge on any atom is 0.471 e. The Kier molecular flexibility index (Phi) is 7.54. The molecule has 1 rings (SSSR count). The second kappa shape index (κ2) is 8.99. The number of halogens is 3. The van der Waals surface area contributed by atoms with Gasteiger partial charge in [0.25, 0.3) is 0 Å². The predicted octanol–water partition coefficient (Wildman–Crippen LogP) is -0.823. The number of ether oxygens (including phenoxy) is 4. The van der Waals surface area contributed by atoms with Crippen LogP contribution in [-0.4, -0.2) is 72.3 Å². The molecule has 0 saturated carbocycles. The van der Waals surface area contributed by atoms with E-state index < -0.39 is 67.2 Å². The summed E-state index contributed by atoms with van der Waals surface area (Å²) < 4.78 is 57.1. The third kappa shape index (κ3) is 6.67. The zero-order chi connectivity index (χ0) is 20.9. The standard InChI is InChI=1S/C14H18F3NO9/c1-5(19)24-4-8-10(25-6(2)20)11(26-7(3)21)9(12(22)27-8)18-13(23)14(15,16)17/h8-12,22H,4H2,1-3H3,(H,18,23). The summed E-state index contributed by atoms with van der Waals surface area (Å²) in [6.45, 7) is 2.36. The van der Waals surface area contributed by atoms with E-state index in [4.69, 9.17) is 18.9 Å². The van der Waals surface area contributed by atoms with Gasteiger partial charge in [0.2, 0.25) is 0 Å². The molecule has 1 amide bonds. The maximum absolute atomic E-state index is 12.5. The fourth-order valence-electron chi connectivity index (χ4n) is 2.31. The van der Waals surface area contributed by atoms with Crippen LogP contribution in [0.4, 0.5) is 13.2 Å². The Bertz CT molecular complexity index is 595. The Balaban J connectivity index is 3.18. The van der Waals surface area contributed by atoms with E-state index in [2.05, 4.69) is 0 Å². The summed E-state index contributed by atoms with van der Waals surface area (Å²) in [7, 11) is 0. The Morgan fingerprint density at radius 3 is 1.96 bits per heavy atom. The fourth-order valence-corrected chi connectivity index (χ4v) is 2.31. The first kappa shape index (κ1) is 22.6. The molecule has 1 aliphatic rings. The van der Waals surface area contributed by atoms with Crippen LogP contribution in [0.2, 0.25) is 0 Å². The molecule has 1 heterocycles. The molecular formula is C14H18F3NO9.